The Morgan fingerprint density at radius 3 is 2.83 bits per heavy atom. The first-order valence-electron chi connectivity index (χ1n) is 11.9. The number of rotatable bonds is 7. The molecule has 4 N–H and O–H groups in total. The van der Waals surface area contributed by atoms with Gasteiger partial charge in [-0.2, -0.15) is 0 Å². The van der Waals surface area contributed by atoms with Crippen molar-refractivity contribution in [1.82, 2.24) is 9.55 Å². The molecular weight excluding hydrogens is 448 g/mol. The molecule has 0 aliphatic carbocycles. The lowest BCUT2D eigenvalue weighted by molar-refractivity contribution is -0.190. The standard InChI is InChI=1S/C26H28N4O5/c1-2-26(35-24(32)19(28)8-5-6-10-27)18-12-21-22-16(11-15-7-3-4-9-20(15)29-22)13-30(21)23(31)17(18)14-34-25(26)33/h3-4,7,9,11-12,19H,2,5-6,8,10,13-14,27-28H2,1H3/t19-,26?/m0/s1. The number of nitrogens with zero attached hydrogens (tertiary/aromatic N) is 2. The van der Waals surface area contributed by atoms with E-state index < -0.39 is 23.6 Å². The number of ether oxygens (including phenoxy) is 2. The second kappa shape index (κ2) is 8.90. The molecule has 0 amide bonds. The fourth-order valence-corrected chi connectivity index (χ4v) is 4.96. The van der Waals surface area contributed by atoms with Crippen molar-refractivity contribution >= 4 is 22.8 Å². The van der Waals surface area contributed by atoms with Crippen molar-refractivity contribution in [3.8, 4) is 11.4 Å². The summed E-state index contributed by atoms with van der Waals surface area (Å²) >= 11 is 0. The van der Waals surface area contributed by atoms with E-state index in [1.54, 1.807) is 17.6 Å². The second-order valence-corrected chi connectivity index (χ2v) is 9.07. The van der Waals surface area contributed by atoms with Crippen molar-refractivity contribution in [1.29, 1.82) is 0 Å². The summed E-state index contributed by atoms with van der Waals surface area (Å²) in [5.74, 6) is -1.41. The maximum Gasteiger partial charge on any atom is 0.355 e. The molecule has 182 valence electrons. The third kappa shape index (κ3) is 3.71. The van der Waals surface area contributed by atoms with E-state index >= 15 is 0 Å². The average molecular weight is 477 g/mol. The van der Waals surface area contributed by atoms with Crippen molar-refractivity contribution in [2.75, 3.05) is 6.54 Å². The van der Waals surface area contributed by atoms with Crippen LogP contribution in [-0.2, 0) is 37.8 Å². The Morgan fingerprint density at radius 1 is 1.26 bits per heavy atom. The minimum atomic E-state index is -1.75. The van der Waals surface area contributed by atoms with Gasteiger partial charge >= 0.3 is 11.9 Å². The minimum Gasteiger partial charge on any atom is -0.457 e. The van der Waals surface area contributed by atoms with Crippen LogP contribution in [0.3, 0.4) is 0 Å². The SMILES string of the molecule is CCC1(OC(=O)[C@@H](N)CCCCN)C(=O)OCc2c1cc1n(c2=O)Cc2cc3ccccc3nc2-1. The van der Waals surface area contributed by atoms with Gasteiger partial charge in [-0.15, -0.1) is 0 Å². The van der Waals surface area contributed by atoms with E-state index in [1.165, 1.54) is 0 Å². The van der Waals surface area contributed by atoms with Crippen LogP contribution in [0.15, 0.2) is 41.2 Å². The zero-order chi connectivity index (χ0) is 24.7. The lowest BCUT2D eigenvalue weighted by atomic mass is 9.85. The minimum absolute atomic E-state index is 0.0982. The van der Waals surface area contributed by atoms with E-state index in [1.807, 2.05) is 30.3 Å². The Hall–Kier alpha value is -3.56. The van der Waals surface area contributed by atoms with Gasteiger partial charge in [-0.1, -0.05) is 31.5 Å². The molecule has 2 aromatic heterocycles. The van der Waals surface area contributed by atoms with Crippen LogP contribution in [0.25, 0.3) is 22.3 Å². The Labute approximate surface area is 202 Å². The third-order valence-electron chi connectivity index (χ3n) is 6.93. The highest BCUT2D eigenvalue weighted by Crippen LogP contribution is 2.41. The molecule has 3 aromatic rings. The molecule has 0 bridgehead atoms. The lowest BCUT2D eigenvalue weighted by Gasteiger charge is -2.36. The molecule has 0 saturated heterocycles. The first-order chi connectivity index (χ1) is 16.9. The number of esters is 2. The average Bonchev–Trinajstić information content (AvgIpc) is 3.22. The number of fused-ring (bicyclic) bond motifs is 5. The second-order valence-electron chi connectivity index (χ2n) is 9.07. The van der Waals surface area contributed by atoms with Crippen LogP contribution < -0.4 is 17.0 Å². The van der Waals surface area contributed by atoms with Gasteiger partial charge in [0.15, 0.2) is 0 Å². The molecule has 0 fully saturated rings. The first kappa shape index (κ1) is 23.2. The summed E-state index contributed by atoms with van der Waals surface area (Å²) in [6, 6.07) is 10.6. The van der Waals surface area contributed by atoms with Gasteiger partial charge in [0.2, 0.25) is 5.60 Å². The number of carbonyl (C=O) groups is 2. The number of hydrogen-bond donors (Lipinski definition) is 2. The van der Waals surface area contributed by atoms with Gasteiger partial charge in [0.05, 0.1) is 29.0 Å². The quantitative estimate of drug-likeness (QED) is 0.305. The number of cyclic esters (lactones) is 1. The number of aromatic nitrogens is 2. The van der Waals surface area contributed by atoms with Crippen LogP contribution in [0.5, 0.6) is 0 Å². The summed E-state index contributed by atoms with van der Waals surface area (Å²) in [5, 5.41) is 0.982. The van der Waals surface area contributed by atoms with E-state index in [9.17, 15) is 14.4 Å². The molecule has 2 aliphatic heterocycles. The number of unbranched alkanes of at least 4 members (excludes halogenated alkanes) is 1. The smallest absolute Gasteiger partial charge is 0.355 e. The Bertz CT molecular complexity index is 1400. The highest BCUT2D eigenvalue weighted by Gasteiger charge is 2.50. The summed E-state index contributed by atoms with van der Waals surface area (Å²) in [6.07, 6.45) is 1.88. The van der Waals surface area contributed by atoms with Crippen LogP contribution in [0, 0.1) is 0 Å². The van der Waals surface area contributed by atoms with E-state index in [2.05, 4.69) is 0 Å². The number of nitrogens with two attached hydrogens (primary N) is 2. The number of benzene rings is 1. The maximum atomic E-state index is 13.5. The highest BCUT2D eigenvalue weighted by atomic mass is 16.6. The van der Waals surface area contributed by atoms with Crippen molar-refractivity contribution < 1.29 is 19.1 Å². The number of carbonyl (C=O) groups excluding carboxylic acids is 2. The van der Waals surface area contributed by atoms with E-state index in [4.69, 9.17) is 25.9 Å². The topological polar surface area (TPSA) is 140 Å². The van der Waals surface area contributed by atoms with Gasteiger partial charge in [-0.3, -0.25) is 9.59 Å². The summed E-state index contributed by atoms with van der Waals surface area (Å²) in [6.45, 7) is 2.41. The fourth-order valence-electron chi connectivity index (χ4n) is 4.96. The molecule has 0 spiro atoms. The maximum absolute atomic E-state index is 13.5. The number of pyridine rings is 2. The number of hydrogen-bond acceptors (Lipinski definition) is 8. The van der Waals surface area contributed by atoms with Crippen LogP contribution in [0.2, 0.25) is 0 Å². The van der Waals surface area contributed by atoms with E-state index in [0.29, 0.717) is 48.4 Å². The molecule has 1 unspecified atom stereocenters. The molecule has 1 aromatic carbocycles. The van der Waals surface area contributed by atoms with E-state index in [-0.39, 0.29) is 18.6 Å². The van der Waals surface area contributed by atoms with Gasteiger partial charge in [-0.05, 0) is 44.0 Å². The predicted molar refractivity (Wildman–Crippen MR) is 129 cm³/mol. The van der Waals surface area contributed by atoms with Crippen molar-refractivity contribution in [2.45, 2.75) is 57.4 Å². The molecule has 0 saturated carbocycles. The summed E-state index contributed by atoms with van der Waals surface area (Å²) < 4.78 is 12.8. The monoisotopic (exact) mass is 476 g/mol. The summed E-state index contributed by atoms with van der Waals surface area (Å²) in [5.41, 5.74) is 13.2. The van der Waals surface area contributed by atoms with Gasteiger partial charge in [0.1, 0.15) is 12.6 Å². The number of para-hydroxylation sites is 1. The van der Waals surface area contributed by atoms with Crippen LogP contribution >= 0.6 is 0 Å². The molecule has 4 heterocycles. The van der Waals surface area contributed by atoms with Gasteiger partial charge in [0.25, 0.3) is 5.56 Å². The predicted octanol–water partition coefficient (Wildman–Crippen LogP) is 2.09. The third-order valence-corrected chi connectivity index (χ3v) is 6.93. The summed E-state index contributed by atoms with van der Waals surface area (Å²) in [7, 11) is 0. The molecule has 35 heavy (non-hydrogen) atoms. The summed E-state index contributed by atoms with van der Waals surface area (Å²) in [4.78, 5) is 44.3. The van der Waals surface area contributed by atoms with E-state index in [0.717, 1.165) is 22.9 Å². The normalized spacial score (nSPS) is 19.0. The Kier molecular flexibility index (Phi) is 5.90. The zero-order valence-corrected chi connectivity index (χ0v) is 19.6. The first-order valence-corrected chi connectivity index (χ1v) is 11.9. The Morgan fingerprint density at radius 2 is 2.06 bits per heavy atom. The van der Waals surface area contributed by atoms with Gasteiger partial charge < -0.3 is 25.5 Å². The molecule has 9 heteroatoms. The van der Waals surface area contributed by atoms with Gasteiger partial charge in [-0.25, -0.2) is 9.78 Å². The van der Waals surface area contributed by atoms with Crippen molar-refractivity contribution in [2.24, 2.45) is 11.5 Å². The largest absolute Gasteiger partial charge is 0.457 e. The highest BCUT2D eigenvalue weighted by molar-refractivity contribution is 5.89. The van der Waals surface area contributed by atoms with Crippen molar-refractivity contribution in [3.63, 3.8) is 0 Å². The van der Waals surface area contributed by atoms with Crippen LogP contribution in [-0.4, -0.2) is 34.1 Å². The molecule has 9 nitrogen and oxygen atoms in total. The Balaban J connectivity index is 1.60. The fraction of sp³-hybridized carbons (Fsp3) is 0.385. The zero-order valence-electron chi connectivity index (χ0n) is 19.6. The molecule has 0 radical (unpaired) electrons. The lowest BCUT2D eigenvalue weighted by Crippen LogP contribution is -2.49. The molecular formula is C26H28N4O5. The molecule has 5 rings (SSSR count). The molecule has 2 atom stereocenters. The van der Waals surface area contributed by atoms with Gasteiger partial charge in [0, 0.05) is 16.5 Å². The van der Waals surface area contributed by atoms with Crippen LogP contribution in [0.4, 0.5) is 0 Å². The molecule has 2 aliphatic rings. The van der Waals surface area contributed by atoms with Crippen LogP contribution in [0.1, 0.15) is 49.3 Å². The van der Waals surface area contributed by atoms with Crippen molar-refractivity contribution in [3.05, 3.63) is 63.4 Å².